The fourth-order valence-electron chi connectivity index (χ4n) is 2.56. The molecule has 25 heavy (non-hydrogen) atoms. The molecule has 0 atom stereocenters. The van der Waals surface area contributed by atoms with E-state index in [2.05, 4.69) is 25.9 Å². The van der Waals surface area contributed by atoms with Gasteiger partial charge < -0.3 is 14.4 Å². The lowest BCUT2D eigenvalue weighted by Gasteiger charge is -2.30. The predicted octanol–water partition coefficient (Wildman–Crippen LogP) is 4.53. The van der Waals surface area contributed by atoms with Crippen molar-refractivity contribution >= 4 is 22.0 Å². The topological polar surface area (TPSA) is 64.6 Å². The van der Waals surface area contributed by atoms with E-state index in [1.165, 1.54) is 7.11 Å². The van der Waals surface area contributed by atoms with Crippen molar-refractivity contribution < 1.29 is 14.3 Å². The highest BCUT2D eigenvalue weighted by atomic mass is 79.9. The third-order valence-corrected chi connectivity index (χ3v) is 3.95. The molecule has 2 heterocycles. The Kier molecular flexibility index (Phi) is 6.36. The van der Waals surface area contributed by atoms with Crippen molar-refractivity contribution in [1.29, 1.82) is 0 Å². The molecule has 0 bridgehead atoms. The maximum Gasteiger partial charge on any atom is 0.415 e. The average molecular weight is 408 g/mol. The number of amides is 1. The standard InChI is InChI=1S/C18H22BrN3O3/c1-11(2)22(12(3)4)18(23)25-17-14(24-5)10-15(19)21-16(17)13-8-6-7-9-20-13/h6-12H,1-5H3. The highest BCUT2D eigenvalue weighted by Crippen LogP contribution is 2.38. The van der Waals surface area contributed by atoms with E-state index in [0.29, 0.717) is 21.7 Å². The van der Waals surface area contributed by atoms with Gasteiger partial charge >= 0.3 is 6.09 Å². The zero-order valence-electron chi connectivity index (χ0n) is 15.0. The summed E-state index contributed by atoms with van der Waals surface area (Å²) in [6.45, 7) is 7.77. The van der Waals surface area contributed by atoms with Crippen LogP contribution in [-0.2, 0) is 0 Å². The maximum absolute atomic E-state index is 12.7. The monoisotopic (exact) mass is 407 g/mol. The largest absolute Gasteiger partial charge is 0.493 e. The summed E-state index contributed by atoms with van der Waals surface area (Å²) in [6.07, 6.45) is 1.20. The van der Waals surface area contributed by atoms with Crippen LogP contribution in [0.3, 0.4) is 0 Å². The van der Waals surface area contributed by atoms with Crippen LogP contribution in [0.4, 0.5) is 4.79 Å². The zero-order chi connectivity index (χ0) is 18.6. The first kappa shape index (κ1) is 19.2. The quantitative estimate of drug-likeness (QED) is 0.680. The molecule has 0 aliphatic heterocycles. The summed E-state index contributed by atoms with van der Waals surface area (Å²) >= 11 is 3.36. The second kappa shape index (κ2) is 8.29. The van der Waals surface area contributed by atoms with E-state index in [-0.39, 0.29) is 17.8 Å². The van der Waals surface area contributed by atoms with E-state index in [4.69, 9.17) is 9.47 Å². The molecule has 2 aromatic heterocycles. The third-order valence-electron chi connectivity index (χ3n) is 3.55. The first-order valence-corrected chi connectivity index (χ1v) is 8.80. The zero-order valence-corrected chi connectivity index (χ0v) is 16.6. The highest BCUT2D eigenvalue weighted by Gasteiger charge is 2.26. The van der Waals surface area contributed by atoms with Crippen LogP contribution >= 0.6 is 15.9 Å². The van der Waals surface area contributed by atoms with Crippen LogP contribution in [0.15, 0.2) is 35.1 Å². The van der Waals surface area contributed by atoms with Crippen molar-refractivity contribution in [2.45, 2.75) is 39.8 Å². The molecule has 0 aliphatic rings. The van der Waals surface area contributed by atoms with Crippen molar-refractivity contribution in [3.8, 4) is 22.9 Å². The Morgan fingerprint density at radius 1 is 1.20 bits per heavy atom. The van der Waals surface area contributed by atoms with Gasteiger partial charge in [0.25, 0.3) is 0 Å². The van der Waals surface area contributed by atoms with Gasteiger partial charge in [0, 0.05) is 24.3 Å². The first-order chi connectivity index (χ1) is 11.8. The van der Waals surface area contributed by atoms with Gasteiger partial charge in [-0.2, -0.15) is 0 Å². The van der Waals surface area contributed by atoms with Crippen molar-refractivity contribution in [2.24, 2.45) is 0 Å². The van der Waals surface area contributed by atoms with Gasteiger partial charge in [-0.05, 0) is 55.8 Å². The molecule has 134 valence electrons. The number of nitrogens with zero attached hydrogens (tertiary/aromatic N) is 3. The Morgan fingerprint density at radius 3 is 2.40 bits per heavy atom. The third kappa shape index (κ3) is 4.48. The van der Waals surface area contributed by atoms with Gasteiger partial charge in [-0.25, -0.2) is 9.78 Å². The SMILES string of the molecule is COc1cc(Br)nc(-c2ccccn2)c1OC(=O)N(C(C)C)C(C)C. The fourth-order valence-corrected chi connectivity index (χ4v) is 2.95. The number of ether oxygens (including phenoxy) is 2. The predicted molar refractivity (Wildman–Crippen MR) is 99.9 cm³/mol. The van der Waals surface area contributed by atoms with Crippen molar-refractivity contribution in [3.63, 3.8) is 0 Å². The number of aromatic nitrogens is 2. The Bertz CT molecular complexity index is 728. The van der Waals surface area contributed by atoms with Crippen LogP contribution in [-0.4, -0.2) is 40.2 Å². The molecule has 0 spiro atoms. The molecule has 0 saturated carbocycles. The maximum atomic E-state index is 12.7. The molecule has 0 unspecified atom stereocenters. The lowest BCUT2D eigenvalue weighted by atomic mass is 10.2. The second-order valence-corrected chi connectivity index (χ2v) is 6.82. The van der Waals surface area contributed by atoms with Crippen molar-refractivity contribution in [2.75, 3.05) is 7.11 Å². The van der Waals surface area contributed by atoms with Crippen molar-refractivity contribution in [1.82, 2.24) is 14.9 Å². The second-order valence-electron chi connectivity index (χ2n) is 6.00. The number of carbonyl (C=O) groups excluding carboxylic acids is 1. The molecule has 0 aliphatic carbocycles. The summed E-state index contributed by atoms with van der Waals surface area (Å²) in [4.78, 5) is 23.1. The van der Waals surface area contributed by atoms with Gasteiger partial charge in [0.05, 0.1) is 12.8 Å². The number of rotatable bonds is 5. The number of pyridine rings is 2. The minimum atomic E-state index is -0.454. The summed E-state index contributed by atoms with van der Waals surface area (Å²) in [6, 6.07) is 7.11. The lowest BCUT2D eigenvalue weighted by Crippen LogP contribution is -2.43. The Balaban J connectivity index is 2.51. The summed E-state index contributed by atoms with van der Waals surface area (Å²) in [5, 5.41) is 0. The van der Waals surface area contributed by atoms with E-state index in [1.54, 1.807) is 23.2 Å². The average Bonchev–Trinajstić information content (AvgIpc) is 2.56. The van der Waals surface area contributed by atoms with E-state index in [1.807, 2.05) is 39.8 Å². The Morgan fingerprint density at radius 2 is 1.88 bits per heavy atom. The van der Waals surface area contributed by atoms with Gasteiger partial charge in [-0.1, -0.05) is 6.07 Å². The molecular weight excluding hydrogens is 386 g/mol. The molecule has 0 N–H and O–H groups in total. The molecule has 0 radical (unpaired) electrons. The molecule has 0 aromatic carbocycles. The first-order valence-electron chi connectivity index (χ1n) is 8.01. The molecule has 0 fully saturated rings. The van der Waals surface area contributed by atoms with Crippen LogP contribution in [0, 0.1) is 0 Å². The molecule has 2 rings (SSSR count). The van der Waals surface area contributed by atoms with Crippen LogP contribution in [0.25, 0.3) is 11.4 Å². The summed E-state index contributed by atoms with van der Waals surface area (Å²) < 4.78 is 11.7. The summed E-state index contributed by atoms with van der Waals surface area (Å²) in [5.41, 5.74) is 1.03. The lowest BCUT2D eigenvalue weighted by molar-refractivity contribution is 0.121. The number of methoxy groups -OCH3 is 1. The fraction of sp³-hybridized carbons (Fsp3) is 0.389. The van der Waals surface area contributed by atoms with Gasteiger partial charge in [0.15, 0.2) is 5.75 Å². The Labute approximate surface area is 156 Å². The van der Waals surface area contributed by atoms with E-state index >= 15 is 0 Å². The summed E-state index contributed by atoms with van der Waals surface area (Å²) in [7, 11) is 1.52. The number of hydrogen-bond donors (Lipinski definition) is 0. The number of carbonyl (C=O) groups is 1. The van der Waals surface area contributed by atoms with Gasteiger partial charge in [0.1, 0.15) is 10.3 Å². The van der Waals surface area contributed by atoms with Crippen LogP contribution in [0.5, 0.6) is 11.5 Å². The van der Waals surface area contributed by atoms with E-state index in [9.17, 15) is 4.79 Å². The van der Waals surface area contributed by atoms with Crippen LogP contribution in [0.2, 0.25) is 0 Å². The van der Waals surface area contributed by atoms with Crippen LogP contribution in [0.1, 0.15) is 27.7 Å². The van der Waals surface area contributed by atoms with E-state index < -0.39 is 6.09 Å². The van der Waals surface area contributed by atoms with Gasteiger partial charge in [0.2, 0.25) is 5.75 Å². The Hall–Kier alpha value is -2.15. The molecule has 7 heteroatoms. The van der Waals surface area contributed by atoms with Crippen molar-refractivity contribution in [3.05, 3.63) is 35.1 Å². The minimum Gasteiger partial charge on any atom is -0.493 e. The minimum absolute atomic E-state index is 0.000188. The molecule has 1 amide bonds. The normalized spacial score (nSPS) is 10.9. The summed E-state index contributed by atoms with van der Waals surface area (Å²) in [5.74, 6) is 0.657. The highest BCUT2D eigenvalue weighted by molar-refractivity contribution is 9.10. The molecular formula is C18H22BrN3O3. The van der Waals surface area contributed by atoms with Crippen LogP contribution < -0.4 is 9.47 Å². The van der Waals surface area contributed by atoms with Gasteiger partial charge in [-0.3, -0.25) is 4.98 Å². The molecule has 0 saturated heterocycles. The number of hydrogen-bond acceptors (Lipinski definition) is 5. The molecule has 6 nitrogen and oxygen atoms in total. The van der Waals surface area contributed by atoms with E-state index in [0.717, 1.165) is 0 Å². The van der Waals surface area contributed by atoms with Gasteiger partial charge in [-0.15, -0.1) is 0 Å². The molecule has 2 aromatic rings. The number of halogens is 1. The smallest absolute Gasteiger partial charge is 0.415 e.